The monoisotopic (exact) mass is 555 g/mol. The molecule has 202 valence electrons. The Morgan fingerprint density at radius 1 is 1.05 bits per heavy atom. The summed E-state index contributed by atoms with van der Waals surface area (Å²) in [6, 6.07) is 11.2. The quantitative estimate of drug-likeness (QED) is 0.282. The van der Waals surface area contributed by atoms with Gasteiger partial charge in [0.2, 0.25) is 5.88 Å². The Morgan fingerprint density at radius 2 is 1.88 bits per heavy atom. The molecule has 0 aliphatic carbocycles. The summed E-state index contributed by atoms with van der Waals surface area (Å²) >= 11 is 1.47. The largest absolute Gasteiger partial charge is 0.475 e. The Balaban J connectivity index is 1.57. The number of hydrogen-bond acceptors (Lipinski definition) is 8. The van der Waals surface area contributed by atoms with Crippen LogP contribution in [-0.2, 0) is 0 Å². The summed E-state index contributed by atoms with van der Waals surface area (Å²) in [6.45, 7) is 7.68. The van der Waals surface area contributed by atoms with Gasteiger partial charge in [-0.25, -0.2) is 24.0 Å². The van der Waals surface area contributed by atoms with E-state index in [2.05, 4.69) is 15.0 Å². The van der Waals surface area contributed by atoms with Crippen LogP contribution in [0.2, 0.25) is 0 Å². The molecule has 5 heterocycles. The standard InChI is InChI=1S/C29H26FN7O2S/c1-15(2)39-22-9-8-19(12-32-22)26-25-27(31)33-14-34-28(25)37(35-26)17(4)21-11-23-36(16(3)13-40-23)29(38)24(21)18-6-5-7-20(30)10-18/h5-15,17H,1-4H3,(H2,31,33,34). The summed E-state index contributed by atoms with van der Waals surface area (Å²) < 4.78 is 23.4. The van der Waals surface area contributed by atoms with Crippen molar-refractivity contribution in [3.63, 3.8) is 0 Å². The molecule has 0 spiro atoms. The van der Waals surface area contributed by atoms with E-state index < -0.39 is 11.9 Å². The van der Waals surface area contributed by atoms with Crippen molar-refractivity contribution in [3.8, 4) is 28.3 Å². The van der Waals surface area contributed by atoms with Crippen LogP contribution in [0.4, 0.5) is 10.2 Å². The molecule has 40 heavy (non-hydrogen) atoms. The maximum absolute atomic E-state index is 14.3. The van der Waals surface area contributed by atoms with Gasteiger partial charge in [0, 0.05) is 28.9 Å². The first-order valence-corrected chi connectivity index (χ1v) is 13.6. The zero-order valence-electron chi connectivity index (χ0n) is 22.3. The summed E-state index contributed by atoms with van der Waals surface area (Å²) in [6.07, 6.45) is 3.05. The second kappa shape index (κ2) is 9.83. The third kappa shape index (κ3) is 4.28. The van der Waals surface area contributed by atoms with E-state index >= 15 is 0 Å². The first-order valence-electron chi connectivity index (χ1n) is 12.7. The SMILES string of the molecule is Cc1csc2cc(C(C)n3nc(-c4ccc(OC(C)C)nc4)c4c(N)ncnc43)c(-c3cccc(F)c3)c(=O)n12. The van der Waals surface area contributed by atoms with E-state index in [1.54, 1.807) is 33.5 Å². The van der Waals surface area contributed by atoms with E-state index in [4.69, 9.17) is 15.6 Å². The summed E-state index contributed by atoms with van der Waals surface area (Å²) in [7, 11) is 0. The predicted octanol–water partition coefficient (Wildman–Crippen LogP) is 5.66. The van der Waals surface area contributed by atoms with Crippen molar-refractivity contribution in [2.24, 2.45) is 0 Å². The number of aromatic nitrogens is 6. The van der Waals surface area contributed by atoms with Gasteiger partial charge < -0.3 is 10.5 Å². The molecule has 6 aromatic rings. The number of nitrogen functional groups attached to an aromatic ring is 1. The van der Waals surface area contributed by atoms with Crippen LogP contribution in [-0.4, -0.2) is 35.2 Å². The lowest BCUT2D eigenvalue weighted by atomic mass is 9.97. The fraction of sp³-hybridized carbons (Fsp3) is 0.207. The van der Waals surface area contributed by atoms with Gasteiger partial charge >= 0.3 is 0 Å². The molecule has 0 fully saturated rings. The molecule has 1 unspecified atom stereocenters. The van der Waals surface area contributed by atoms with Gasteiger partial charge in [0.1, 0.15) is 28.5 Å². The normalized spacial score (nSPS) is 12.4. The zero-order valence-corrected chi connectivity index (χ0v) is 23.1. The second-order valence-electron chi connectivity index (χ2n) is 9.82. The van der Waals surface area contributed by atoms with Crippen molar-refractivity contribution in [3.05, 3.63) is 87.8 Å². The summed E-state index contributed by atoms with van der Waals surface area (Å²) in [5, 5.41) is 7.43. The predicted molar refractivity (Wildman–Crippen MR) is 154 cm³/mol. The number of hydrogen-bond donors (Lipinski definition) is 1. The molecule has 0 saturated carbocycles. The lowest BCUT2D eigenvalue weighted by Crippen LogP contribution is -2.21. The van der Waals surface area contributed by atoms with Crippen molar-refractivity contribution < 1.29 is 9.13 Å². The van der Waals surface area contributed by atoms with Crippen LogP contribution in [0.25, 0.3) is 38.2 Å². The number of nitrogens with zero attached hydrogens (tertiary/aromatic N) is 6. The number of fused-ring (bicyclic) bond motifs is 2. The Bertz CT molecular complexity index is 1940. The molecule has 2 N–H and O–H groups in total. The molecule has 0 bridgehead atoms. The molecule has 11 heteroatoms. The average Bonchev–Trinajstić information content (AvgIpc) is 3.50. The topological polar surface area (TPSA) is 113 Å². The number of thiazole rings is 1. The fourth-order valence-electron chi connectivity index (χ4n) is 4.92. The highest BCUT2D eigenvalue weighted by molar-refractivity contribution is 7.15. The second-order valence-corrected chi connectivity index (χ2v) is 10.7. The maximum atomic E-state index is 14.3. The molecule has 5 aromatic heterocycles. The van der Waals surface area contributed by atoms with E-state index in [-0.39, 0.29) is 17.5 Å². The molecule has 9 nitrogen and oxygen atoms in total. The van der Waals surface area contributed by atoms with Gasteiger partial charge in [-0.3, -0.25) is 9.20 Å². The molecule has 1 aromatic carbocycles. The molecule has 0 amide bonds. The van der Waals surface area contributed by atoms with Gasteiger partial charge in [-0.2, -0.15) is 5.10 Å². The number of aryl methyl sites for hydroxylation is 1. The third-order valence-electron chi connectivity index (χ3n) is 6.72. The van der Waals surface area contributed by atoms with Crippen molar-refractivity contribution in [1.29, 1.82) is 0 Å². The molecule has 0 aliphatic rings. The Kier molecular flexibility index (Phi) is 6.30. The smallest absolute Gasteiger partial charge is 0.264 e. The van der Waals surface area contributed by atoms with Crippen LogP contribution in [0.5, 0.6) is 5.88 Å². The Morgan fingerprint density at radius 3 is 2.60 bits per heavy atom. The highest BCUT2D eigenvalue weighted by Gasteiger charge is 2.26. The van der Waals surface area contributed by atoms with E-state index in [1.165, 1.54) is 29.8 Å². The van der Waals surface area contributed by atoms with Crippen molar-refractivity contribution in [1.82, 2.24) is 29.1 Å². The zero-order chi connectivity index (χ0) is 28.1. The minimum absolute atomic E-state index is 0.0101. The molecule has 0 saturated heterocycles. The number of benzene rings is 1. The number of nitrogens with two attached hydrogens (primary N) is 1. The molecule has 0 radical (unpaired) electrons. The number of ether oxygens (including phenoxy) is 1. The third-order valence-corrected chi connectivity index (χ3v) is 7.72. The van der Waals surface area contributed by atoms with Crippen molar-refractivity contribution in [2.45, 2.75) is 39.8 Å². The highest BCUT2D eigenvalue weighted by atomic mass is 32.1. The highest BCUT2D eigenvalue weighted by Crippen LogP contribution is 2.36. The van der Waals surface area contributed by atoms with Crippen LogP contribution < -0.4 is 16.0 Å². The lowest BCUT2D eigenvalue weighted by molar-refractivity contribution is 0.232. The van der Waals surface area contributed by atoms with E-state index in [1.807, 2.05) is 45.2 Å². The van der Waals surface area contributed by atoms with Gasteiger partial charge in [-0.1, -0.05) is 12.1 Å². The Labute approximate surface area is 232 Å². The number of anilines is 1. The van der Waals surface area contributed by atoms with Gasteiger partial charge in [0.15, 0.2) is 5.65 Å². The lowest BCUT2D eigenvalue weighted by Gasteiger charge is -2.18. The number of pyridine rings is 2. The van der Waals surface area contributed by atoms with E-state index in [0.717, 1.165) is 10.5 Å². The minimum Gasteiger partial charge on any atom is -0.475 e. The minimum atomic E-state index is -0.472. The number of rotatable bonds is 6. The molecule has 6 rings (SSSR count). The summed E-state index contributed by atoms with van der Waals surface area (Å²) in [4.78, 5) is 27.8. The first-order chi connectivity index (χ1) is 19.2. The molecule has 1 atom stereocenters. The number of halogens is 1. The van der Waals surface area contributed by atoms with Gasteiger partial charge in [0.05, 0.1) is 23.1 Å². The van der Waals surface area contributed by atoms with Crippen LogP contribution in [0.15, 0.2) is 65.2 Å². The fourth-order valence-corrected chi connectivity index (χ4v) is 5.84. The van der Waals surface area contributed by atoms with Gasteiger partial charge in [-0.05, 0) is 63.1 Å². The van der Waals surface area contributed by atoms with Crippen molar-refractivity contribution >= 4 is 33.0 Å². The van der Waals surface area contributed by atoms with Crippen LogP contribution in [0.1, 0.15) is 38.1 Å². The van der Waals surface area contributed by atoms with Crippen LogP contribution in [0.3, 0.4) is 0 Å². The Hall–Kier alpha value is -4.64. The van der Waals surface area contributed by atoms with Crippen LogP contribution >= 0.6 is 11.3 Å². The average molecular weight is 556 g/mol. The first kappa shape index (κ1) is 25.6. The van der Waals surface area contributed by atoms with E-state index in [9.17, 15) is 9.18 Å². The van der Waals surface area contributed by atoms with E-state index in [0.29, 0.717) is 44.9 Å². The molecule has 0 aliphatic heterocycles. The maximum Gasteiger partial charge on any atom is 0.264 e. The molecular weight excluding hydrogens is 529 g/mol. The van der Waals surface area contributed by atoms with Crippen molar-refractivity contribution in [2.75, 3.05) is 5.73 Å². The van der Waals surface area contributed by atoms with Gasteiger partial charge in [0.25, 0.3) is 5.56 Å². The van der Waals surface area contributed by atoms with Crippen LogP contribution in [0, 0.1) is 12.7 Å². The summed E-state index contributed by atoms with van der Waals surface area (Å²) in [5.74, 6) is 0.350. The van der Waals surface area contributed by atoms with Gasteiger partial charge in [-0.15, -0.1) is 11.3 Å². The molecular formula is C29H26FN7O2S. The summed E-state index contributed by atoms with van der Waals surface area (Å²) in [5.41, 5.74) is 10.3.